The molecular weight excluding hydrogens is 307 g/mol. The van der Waals surface area contributed by atoms with Crippen molar-refractivity contribution in [2.75, 3.05) is 27.7 Å². The summed E-state index contributed by atoms with van der Waals surface area (Å²) < 4.78 is 18.6. The summed E-state index contributed by atoms with van der Waals surface area (Å²) in [4.78, 5) is 14.2. The Bertz CT molecular complexity index is 674. The second-order valence-corrected chi connectivity index (χ2v) is 5.84. The number of carbonyl (C=O) groups excluding carboxylic acids is 1. The molecule has 128 valence electrons. The highest BCUT2D eigenvalue weighted by molar-refractivity contribution is 5.78. The van der Waals surface area contributed by atoms with Crippen LogP contribution >= 0.6 is 0 Å². The monoisotopic (exact) mass is 330 g/mol. The van der Waals surface area contributed by atoms with E-state index in [1.54, 1.807) is 6.07 Å². The van der Waals surface area contributed by atoms with Gasteiger partial charge in [0.1, 0.15) is 0 Å². The molecule has 1 N–H and O–H groups in total. The van der Waals surface area contributed by atoms with Crippen LogP contribution in [0.2, 0.25) is 0 Å². The number of ether oxygens (including phenoxy) is 1. The first kappa shape index (κ1) is 17.9. The number of nitrogens with zero attached hydrogens (tertiary/aromatic N) is 1. The fourth-order valence-electron chi connectivity index (χ4n) is 2.55. The molecule has 0 saturated carbocycles. The number of methoxy groups -OCH3 is 1. The lowest BCUT2D eigenvalue weighted by atomic mass is 10.1. The molecule has 0 aliphatic heterocycles. The van der Waals surface area contributed by atoms with Crippen LogP contribution in [0.5, 0.6) is 5.75 Å². The first-order valence-corrected chi connectivity index (χ1v) is 7.81. The van der Waals surface area contributed by atoms with Crippen LogP contribution in [0, 0.1) is 5.82 Å². The Hall–Kier alpha value is -2.40. The highest BCUT2D eigenvalue weighted by Gasteiger charge is 2.15. The van der Waals surface area contributed by atoms with Gasteiger partial charge in [0.15, 0.2) is 11.6 Å². The molecule has 0 spiro atoms. The minimum absolute atomic E-state index is 0.0859. The van der Waals surface area contributed by atoms with Gasteiger partial charge in [-0.25, -0.2) is 4.39 Å². The maximum absolute atomic E-state index is 13.7. The van der Waals surface area contributed by atoms with E-state index in [0.717, 1.165) is 5.56 Å². The van der Waals surface area contributed by atoms with Gasteiger partial charge in [-0.1, -0.05) is 36.4 Å². The normalized spacial score (nSPS) is 12.0. The van der Waals surface area contributed by atoms with E-state index in [4.69, 9.17) is 4.74 Å². The van der Waals surface area contributed by atoms with Crippen LogP contribution in [-0.4, -0.2) is 38.6 Å². The van der Waals surface area contributed by atoms with Gasteiger partial charge in [-0.15, -0.1) is 0 Å². The maximum Gasteiger partial charge on any atom is 0.224 e. The number of nitrogens with one attached hydrogen (secondary N) is 1. The number of rotatable bonds is 7. The summed E-state index contributed by atoms with van der Waals surface area (Å²) in [6.07, 6.45) is 0.135. The summed E-state index contributed by atoms with van der Waals surface area (Å²) >= 11 is 0. The van der Waals surface area contributed by atoms with Crippen molar-refractivity contribution in [1.29, 1.82) is 0 Å². The number of halogens is 1. The van der Waals surface area contributed by atoms with Crippen molar-refractivity contribution in [1.82, 2.24) is 10.2 Å². The van der Waals surface area contributed by atoms with E-state index in [-0.39, 0.29) is 24.1 Å². The SMILES string of the molecule is COc1ccc(CC(=O)NCC(c2ccccc2)N(C)C)cc1F. The molecule has 2 aromatic rings. The maximum atomic E-state index is 13.7. The zero-order chi connectivity index (χ0) is 17.5. The minimum Gasteiger partial charge on any atom is -0.494 e. The molecule has 1 atom stereocenters. The van der Waals surface area contributed by atoms with Gasteiger partial charge >= 0.3 is 0 Å². The highest BCUT2D eigenvalue weighted by Crippen LogP contribution is 2.19. The zero-order valence-electron chi connectivity index (χ0n) is 14.3. The Morgan fingerprint density at radius 3 is 2.50 bits per heavy atom. The van der Waals surface area contributed by atoms with Gasteiger partial charge < -0.3 is 15.0 Å². The van der Waals surface area contributed by atoms with Crippen molar-refractivity contribution in [2.24, 2.45) is 0 Å². The second-order valence-electron chi connectivity index (χ2n) is 5.84. The van der Waals surface area contributed by atoms with Crippen LogP contribution in [0.1, 0.15) is 17.2 Å². The van der Waals surface area contributed by atoms with Gasteiger partial charge in [0.25, 0.3) is 0 Å². The first-order valence-electron chi connectivity index (χ1n) is 7.81. The molecule has 24 heavy (non-hydrogen) atoms. The van der Waals surface area contributed by atoms with Crippen LogP contribution in [-0.2, 0) is 11.2 Å². The number of likely N-dealkylation sites (N-methyl/N-ethyl adjacent to an activating group) is 1. The lowest BCUT2D eigenvalue weighted by molar-refractivity contribution is -0.120. The van der Waals surface area contributed by atoms with Gasteiger partial charge in [0.05, 0.1) is 19.6 Å². The molecule has 2 aromatic carbocycles. The molecule has 0 aliphatic carbocycles. The molecule has 5 heteroatoms. The zero-order valence-corrected chi connectivity index (χ0v) is 14.3. The van der Waals surface area contributed by atoms with Gasteiger partial charge in [0.2, 0.25) is 5.91 Å². The molecule has 2 rings (SSSR count). The van der Waals surface area contributed by atoms with E-state index in [1.165, 1.54) is 19.2 Å². The van der Waals surface area contributed by atoms with Gasteiger partial charge in [-0.3, -0.25) is 4.79 Å². The third kappa shape index (κ3) is 4.80. The average Bonchev–Trinajstić information content (AvgIpc) is 2.56. The predicted octanol–water partition coefficient (Wildman–Crippen LogP) is 2.80. The number of hydrogen-bond donors (Lipinski definition) is 1. The Kier molecular flexibility index (Phi) is 6.32. The molecule has 0 bridgehead atoms. The second kappa shape index (κ2) is 8.45. The molecule has 0 fully saturated rings. The highest BCUT2D eigenvalue weighted by atomic mass is 19.1. The van der Waals surface area contributed by atoms with E-state index in [9.17, 15) is 9.18 Å². The summed E-state index contributed by atoms with van der Waals surface area (Å²) in [5, 5.41) is 2.92. The van der Waals surface area contributed by atoms with E-state index < -0.39 is 5.82 Å². The van der Waals surface area contributed by atoms with Crippen molar-refractivity contribution in [2.45, 2.75) is 12.5 Å². The smallest absolute Gasteiger partial charge is 0.224 e. The van der Waals surface area contributed by atoms with Crippen LogP contribution in [0.25, 0.3) is 0 Å². The van der Waals surface area contributed by atoms with Gasteiger partial charge in [-0.2, -0.15) is 0 Å². The van der Waals surface area contributed by atoms with Crippen molar-refractivity contribution in [3.8, 4) is 5.75 Å². The van der Waals surface area contributed by atoms with Gasteiger partial charge in [-0.05, 0) is 37.4 Å². The minimum atomic E-state index is -0.460. The molecule has 0 saturated heterocycles. The predicted molar refractivity (Wildman–Crippen MR) is 92.5 cm³/mol. The first-order chi connectivity index (χ1) is 11.5. The molecule has 0 heterocycles. The Labute approximate surface area is 142 Å². The molecule has 0 radical (unpaired) electrons. The Balaban J connectivity index is 1.95. The lowest BCUT2D eigenvalue weighted by Crippen LogP contribution is -2.35. The number of hydrogen-bond acceptors (Lipinski definition) is 3. The summed E-state index contributed by atoms with van der Waals surface area (Å²) in [5.74, 6) is -0.420. The topological polar surface area (TPSA) is 41.6 Å². The van der Waals surface area contributed by atoms with E-state index >= 15 is 0 Å². The van der Waals surface area contributed by atoms with Gasteiger partial charge in [0, 0.05) is 6.54 Å². The summed E-state index contributed by atoms with van der Waals surface area (Å²) in [5.41, 5.74) is 1.75. The number of amides is 1. The van der Waals surface area contributed by atoms with E-state index in [0.29, 0.717) is 12.1 Å². The average molecular weight is 330 g/mol. The van der Waals surface area contributed by atoms with Crippen LogP contribution < -0.4 is 10.1 Å². The van der Waals surface area contributed by atoms with E-state index in [1.807, 2.05) is 44.4 Å². The Morgan fingerprint density at radius 2 is 1.92 bits per heavy atom. The molecule has 4 nitrogen and oxygen atoms in total. The summed E-state index contributed by atoms with van der Waals surface area (Å²) in [6, 6.07) is 14.6. The Morgan fingerprint density at radius 1 is 1.21 bits per heavy atom. The third-order valence-corrected chi connectivity index (χ3v) is 3.88. The molecule has 0 aliphatic rings. The molecular formula is C19H23FN2O2. The molecule has 1 unspecified atom stereocenters. The molecule has 1 amide bonds. The van der Waals surface area contributed by atoms with Crippen LogP contribution in [0.4, 0.5) is 4.39 Å². The molecule has 0 aromatic heterocycles. The number of carbonyl (C=O) groups is 1. The third-order valence-electron chi connectivity index (χ3n) is 3.88. The largest absolute Gasteiger partial charge is 0.494 e. The standard InChI is InChI=1S/C19H23FN2O2/c1-22(2)17(15-7-5-4-6-8-15)13-21-19(23)12-14-9-10-18(24-3)16(20)11-14/h4-11,17H,12-13H2,1-3H3,(H,21,23). The van der Waals surface area contributed by atoms with Crippen LogP contribution in [0.15, 0.2) is 48.5 Å². The number of benzene rings is 2. The van der Waals surface area contributed by atoms with Crippen molar-refractivity contribution in [3.05, 3.63) is 65.5 Å². The van der Waals surface area contributed by atoms with Crippen molar-refractivity contribution in [3.63, 3.8) is 0 Å². The lowest BCUT2D eigenvalue weighted by Gasteiger charge is -2.25. The fourth-order valence-corrected chi connectivity index (χ4v) is 2.55. The van der Waals surface area contributed by atoms with E-state index in [2.05, 4.69) is 10.2 Å². The quantitative estimate of drug-likeness (QED) is 0.849. The fraction of sp³-hybridized carbons (Fsp3) is 0.316. The summed E-state index contributed by atoms with van der Waals surface area (Å²) in [7, 11) is 5.36. The summed E-state index contributed by atoms with van der Waals surface area (Å²) in [6.45, 7) is 0.495. The van der Waals surface area contributed by atoms with Crippen molar-refractivity contribution >= 4 is 5.91 Å². The van der Waals surface area contributed by atoms with Crippen molar-refractivity contribution < 1.29 is 13.9 Å². The van der Waals surface area contributed by atoms with Crippen LogP contribution in [0.3, 0.4) is 0 Å².